The molecule has 18 heavy (non-hydrogen) atoms. The normalized spacial score (nSPS) is 10.4. The van der Waals surface area contributed by atoms with Crippen LogP contribution in [0, 0.1) is 6.92 Å². The van der Waals surface area contributed by atoms with Gasteiger partial charge in [-0.2, -0.15) is 0 Å². The van der Waals surface area contributed by atoms with Crippen LogP contribution < -0.4 is 4.74 Å². The summed E-state index contributed by atoms with van der Waals surface area (Å²) in [6, 6.07) is 13.7. The number of halogens is 2. The van der Waals surface area contributed by atoms with Gasteiger partial charge in [0.15, 0.2) is 0 Å². The van der Waals surface area contributed by atoms with Crippen LogP contribution in [0.1, 0.15) is 16.7 Å². The van der Waals surface area contributed by atoms with E-state index in [1.54, 1.807) is 0 Å². The molecule has 0 aromatic heterocycles. The number of hydrogen-bond acceptors (Lipinski definition) is 1. The summed E-state index contributed by atoms with van der Waals surface area (Å²) in [5.41, 5.74) is 3.23. The van der Waals surface area contributed by atoms with Crippen LogP contribution in [-0.4, -0.2) is 0 Å². The van der Waals surface area contributed by atoms with Gasteiger partial charge in [-0.05, 0) is 41.8 Å². The topological polar surface area (TPSA) is 9.23 Å². The van der Waals surface area contributed by atoms with E-state index in [4.69, 9.17) is 27.9 Å². The van der Waals surface area contributed by atoms with Gasteiger partial charge in [0.2, 0.25) is 0 Å². The van der Waals surface area contributed by atoms with E-state index in [2.05, 4.69) is 0 Å². The van der Waals surface area contributed by atoms with Crippen molar-refractivity contribution in [1.29, 1.82) is 0 Å². The molecule has 0 spiro atoms. The highest BCUT2D eigenvalue weighted by molar-refractivity contribution is 6.31. The Bertz CT molecular complexity index is 538. The highest BCUT2D eigenvalue weighted by atomic mass is 35.5. The van der Waals surface area contributed by atoms with Crippen LogP contribution >= 0.6 is 23.2 Å². The summed E-state index contributed by atoms with van der Waals surface area (Å²) in [6.45, 7) is 2.48. The molecular weight excluding hydrogens is 267 g/mol. The molecule has 0 fully saturated rings. The van der Waals surface area contributed by atoms with Crippen LogP contribution in [0.25, 0.3) is 0 Å². The zero-order chi connectivity index (χ0) is 13.0. The Morgan fingerprint density at radius 1 is 1.06 bits per heavy atom. The summed E-state index contributed by atoms with van der Waals surface area (Å²) < 4.78 is 5.75. The molecule has 0 N–H and O–H groups in total. The van der Waals surface area contributed by atoms with Crippen molar-refractivity contribution in [3.8, 4) is 5.75 Å². The van der Waals surface area contributed by atoms with Crippen LogP contribution in [0.15, 0.2) is 42.5 Å². The van der Waals surface area contributed by atoms with Crippen LogP contribution in [0.2, 0.25) is 5.02 Å². The van der Waals surface area contributed by atoms with Gasteiger partial charge >= 0.3 is 0 Å². The highest BCUT2D eigenvalue weighted by Gasteiger charge is 2.03. The van der Waals surface area contributed by atoms with Gasteiger partial charge in [0.25, 0.3) is 0 Å². The molecule has 94 valence electrons. The van der Waals surface area contributed by atoms with Gasteiger partial charge in [0, 0.05) is 10.9 Å². The summed E-state index contributed by atoms with van der Waals surface area (Å²) in [4.78, 5) is 0. The lowest BCUT2D eigenvalue weighted by Gasteiger charge is -2.10. The van der Waals surface area contributed by atoms with Crippen molar-refractivity contribution in [1.82, 2.24) is 0 Å². The van der Waals surface area contributed by atoms with Crippen molar-refractivity contribution >= 4 is 23.2 Å². The Kier molecular flexibility index (Phi) is 4.51. The Morgan fingerprint density at radius 2 is 1.78 bits per heavy atom. The Hall–Kier alpha value is -1.18. The van der Waals surface area contributed by atoms with Crippen LogP contribution in [0.5, 0.6) is 5.75 Å². The quantitative estimate of drug-likeness (QED) is 0.719. The maximum atomic E-state index is 5.97. The number of alkyl halides is 1. The Morgan fingerprint density at radius 3 is 2.44 bits per heavy atom. The summed E-state index contributed by atoms with van der Waals surface area (Å²) in [5.74, 6) is 1.32. The molecule has 3 heteroatoms. The minimum absolute atomic E-state index is 0.499. The number of benzene rings is 2. The lowest BCUT2D eigenvalue weighted by molar-refractivity contribution is 0.305. The molecule has 0 saturated heterocycles. The van der Waals surface area contributed by atoms with Crippen molar-refractivity contribution in [2.45, 2.75) is 19.4 Å². The monoisotopic (exact) mass is 280 g/mol. The molecule has 0 aliphatic heterocycles. The van der Waals surface area contributed by atoms with Crippen LogP contribution in [0.3, 0.4) is 0 Å². The Balaban J connectivity index is 2.09. The molecule has 2 aromatic rings. The van der Waals surface area contributed by atoms with Crippen molar-refractivity contribution in [3.63, 3.8) is 0 Å². The van der Waals surface area contributed by atoms with E-state index in [-0.39, 0.29) is 0 Å². The summed E-state index contributed by atoms with van der Waals surface area (Å²) in [7, 11) is 0. The van der Waals surface area contributed by atoms with Gasteiger partial charge in [-0.15, -0.1) is 11.6 Å². The lowest BCUT2D eigenvalue weighted by atomic mass is 10.1. The predicted octanol–water partition coefficient (Wildman–Crippen LogP) is 4.97. The van der Waals surface area contributed by atoms with E-state index in [0.29, 0.717) is 12.5 Å². The smallest absolute Gasteiger partial charge is 0.120 e. The third kappa shape index (κ3) is 3.18. The van der Waals surface area contributed by atoms with Crippen molar-refractivity contribution in [3.05, 3.63) is 64.2 Å². The second-order valence-corrected chi connectivity index (χ2v) is 4.78. The average Bonchev–Trinajstić information content (AvgIpc) is 2.40. The summed E-state index contributed by atoms with van der Waals surface area (Å²) >= 11 is 11.9. The molecule has 0 unspecified atom stereocenters. The van der Waals surface area contributed by atoms with Crippen LogP contribution in [0.4, 0.5) is 0 Å². The van der Waals surface area contributed by atoms with E-state index in [9.17, 15) is 0 Å². The molecule has 2 rings (SSSR count). The number of rotatable bonds is 4. The van der Waals surface area contributed by atoms with Crippen molar-refractivity contribution < 1.29 is 4.74 Å². The maximum absolute atomic E-state index is 5.97. The second kappa shape index (κ2) is 6.12. The van der Waals surface area contributed by atoms with Gasteiger partial charge in [-0.3, -0.25) is 0 Å². The molecule has 0 aliphatic rings. The molecule has 0 radical (unpaired) electrons. The first kappa shape index (κ1) is 13.3. The van der Waals surface area contributed by atoms with Gasteiger partial charge < -0.3 is 4.74 Å². The third-order valence-electron chi connectivity index (χ3n) is 2.79. The van der Waals surface area contributed by atoms with Gasteiger partial charge in [0.1, 0.15) is 12.4 Å². The van der Waals surface area contributed by atoms with E-state index in [0.717, 1.165) is 27.5 Å². The average molecular weight is 281 g/mol. The van der Waals surface area contributed by atoms with Gasteiger partial charge in [-0.1, -0.05) is 35.9 Å². The van der Waals surface area contributed by atoms with Crippen LogP contribution in [-0.2, 0) is 12.5 Å². The van der Waals surface area contributed by atoms with Crippen molar-refractivity contribution in [2.24, 2.45) is 0 Å². The lowest BCUT2D eigenvalue weighted by Crippen LogP contribution is -1.99. The molecule has 1 nitrogen and oxygen atoms in total. The molecular formula is C15H14Cl2O. The molecule has 2 aromatic carbocycles. The maximum Gasteiger partial charge on any atom is 0.120 e. The third-order valence-corrected chi connectivity index (χ3v) is 3.50. The molecule has 0 atom stereocenters. The summed E-state index contributed by atoms with van der Waals surface area (Å²) in [5, 5.41) is 0.753. The SMILES string of the molecule is Cc1cc(OCc2ccccc2CCl)ccc1Cl. The standard InChI is InChI=1S/C15H14Cl2O/c1-11-8-14(6-7-15(11)17)18-10-13-5-3-2-4-12(13)9-16/h2-8H,9-10H2,1H3. The van der Waals surface area contributed by atoms with Crippen molar-refractivity contribution in [2.75, 3.05) is 0 Å². The minimum atomic E-state index is 0.499. The fraction of sp³-hybridized carbons (Fsp3) is 0.200. The molecule has 0 bridgehead atoms. The molecule has 0 saturated carbocycles. The number of hydrogen-bond donors (Lipinski definition) is 0. The van der Waals surface area contributed by atoms with E-state index >= 15 is 0 Å². The van der Waals surface area contributed by atoms with Gasteiger partial charge in [-0.25, -0.2) is 0 Å². The fourth-order valence-electron chi connectivity index (χ4n) is 1.70. The zero-order valence-electron chi connectivity index (χ0n) is 10.1. The van der Waals surface area contributed by atoms with E-state index in [1.807, 2.05) is 49.4 Å². The second-order valence-electron chi connectivity index (χ2n) is 4.10. The van der Waals surface area contributed by atoms with E-state index in [1.165, 1.54) is 0 Å². The zero-order valence-corrected chi connectivity index (χ0v) is 11.6. The number of ether oxygens (including phenoxy) is 1. The summed E-state index contributed by atoms with van der Waals surface area (Å²) in [6.07, 6.45) is 0. The first-order chi connectivity index (χ1) is 8.70. The Labute approximate surface area is 117 Å². The van der Waals surface area contributed by atoms with Gasteiger partial charge in [0.05, 0.1) is 0 Å². The minimum Gasteiger partial charge on any atom is -0.489 e. The number of aryl methyl sites for hydroxylation is 1. The predicted molar refractivity (Wildman–Crippen MR) is 76.5 cm³/mol. The molecule has 0 amide bonds. The van der Waals surface area contributed by atoms with E-state index < -0.39 is 0 Å². The first-order valence-corrected chi connectivity index (χ1v) is 6.63. The largest absolute Gasteiger partial charge is 0.489 e. The first-order valence-electron chi connectivity index (χ1n) is 5.72. The fourth-order valence-corrected chi connectivity index (χ4v) is 2.07. The highest BCUT2D eigenvalue weighted by Crippen LogP contribution is 2.22. The molecule has 0 aliphatic carbocycles. The molecule has 0 heterocycles.